The van der Waals surface area contributed by atoms with Gasteiger partial charge in [0.2, 0.25) is 76.8 Å². The van der Waals surface area contributed by atoms with E-state index < -0.39 is 171 Å². The van der Waals surface area contributed by atoms with Gasteiger partial charge in [0.1, 0.15) is 30.2 Å². The summed E-state index contributed by atoms with van der Waals surface area (Å²) in [6.07, 6.45) is 8.54. The van der Waals surface area contributed by atoms with Crippen LogP contribution in [0.15, 0.2) is 49.4 Å². The number of imidazole rings is 2. The van der Waals surface area contributed by atoms with Gasteiger partial charge in [0, 0.05) is 140 Å². The van der Waals surface area contributed by atoms with E-state index in [9.17, 15) is 102 Å². The largest absolute Gasteiger partial charge is 0.480 e. The van der Waals surface area contributed by atoms with Crippen LogP contribution >= 0.6 is 0 Å². The number of carboxylic acid groups (broad SMARTS) is 4. The van der Waals surface area contributed by atoms with E-state index in [1.54, 1.807) is 30.6 Å². The van der Waals surface area contributed by atoms with Crippen molar-refractivity contribution < 1.29 is 102 Å². The number of hydrogen-bond acceptors (Lipinski definition) is 24. The van der Waals surface area contributed by atoms with Crippen molar-refractivity contribution in [2.45, 2.75) is 134 Å². The van der Waals surface area contributed by atoms with Crippen molar-refractivity contribution in [1.82, 2.24) is 103 Å². The Balaban J connectivity index is 1.73. The molecule has 0 aromatic carbocycles. The van der Waals surface area contributed by atoms with Crippen LogP contribution in [0, 0.1) is 0 Å². The van der Waals surface area contributed by atoms with Crippen LogP contribution in [0.25, 0.3) is 0 Å². The summed E-state index contributed by atoms with van der Waals surface area (Å²) in [5, 5.41) is 68.1. The van der Waals surface area contributed by atoms with Crippen molar-refractivity contribution in [1.29, 1.82) is 0 Å². The molecule has 0 saturated heterocycles. The predicted molar refractivity (Wildman–Crippen MR) is 378 cm³/mol. The van der Waals surface area contributed by atoms with Crippen LogP contribution in [0.4, 0.5) is 0 Å². The third-order valence-corrected chi connectivity index (χ3v) is 15.8. The van der Waals surface area contributed by atoms with E-state index >= 15 is 0 Å². The minimum absolute atomic E-state index is 0.0159. The van der Waals surface area contributed by atoms with Crippen LogP contribution in [-0.4, -0.2) is 302 Å². The number of nitrogens with two attached hydrogens (primary N) is 2. The number of aromatic nitrogens is 5. The number of aliphatic carboxylic acids is 4. The summed E-state index contributed by atoms with van der Waals surface area (Å²) in [5.41, 5.74) is 13.8. The minimum atomic E-state index is -1.76. The minimum Gasteiger partial charge on any atom is -0.480 e. The molecule has 6 atom stereocenters. The lowest BCUT2D eigenvalue weighted by atomic mass is 10.1. The number of unbranched alkanes of at least 4 members (excludes halogenated alkanes) is 2. The number of carbonyl (C=O) groups is 17. The standard InChI is InChI=1S/C65H100N22O21/c1-40(61(104)83-46(60(67)103)10-4-7-19-71-53(92)31-75-51(90)14-12-49(88)73-21-16-43-28-68-38-78-43)80-64(107)47(11-5-8-20-72-54(93)32-76-52(91)15-13-50(89)74-22-17-44-29-69-39-79-44)84-62(105)41(2)81-65(108)48(30-77-63(106)45(66)27-42-9-3-6-18-70-42)82-55(94)33-86(35-57(97)98)25-23-85(34-56(95)96)24-26-87(36-58(99)100)37-59(101)102/h3,6,9,18,28-29,38-41,45-48H,4-5,7-8,10-17,19-27,30-37,66H2,1-2H3,(H2,67,103)(H,68,78)(H,69,79)(H,71,92)(H,72,93)(H,73,88)(H,74,89)(H,75,90)(H,76,91)(H,77,106)(H,80,107)(H,81,108)(H,82,94)(H,83,104)(H,84,105)(H,95,96)(H,97,98)(H,99,100)(H,101,102)/t40-,41-,45?,46-,47-,48+/m1/s1. The normalized spacial score (nSPS) is 12.6. The van der Waals surface area contributed by atoms with Crippen molar-refractivity contribution in [3.8, 4) is 0 Å². The highest BCUT2D eigenvalue weighted by molar-refractivity contribution is 5.97. The van der Waals surface area contributed by atoms with Crippen LogP contribution in [-0.2, 0) is 101 Å². The lowest BCUT2D eigenvalue weighted by Gasteiger charge is -2.28. The Labute approximate surface area is 620 Å². The van der Waals surface area contributed by atoms with Gasteiger partial charge < -0.3 is 106 Å². The van der Waals surface area contributed by atoms with Gasteiger partial charge in [0.25, 0.3) is 0 Å². The van der Waals surface area contributed by atoms with E-state index in [1.807, 2.05) is 0 Å². The van der Waals surface area contributed by atoms with Crippen molar-refractivity contribution in [2.24, 2.45) is 11.5 Å². The zero-order valence-electron chi connectivity index (χ0n) is 60.2. The van der Waals surface area contributed by atoms with Gasteiger partial charge in [-0.05, 0) is 64.5 Å². The summed E-state index contributed by atoms with van der Waals surface area (Å²) in [5.74, 6) is -15.4. The number of primary amides is 1. The first-order chi connectivity index (χ1) is 51.3. The van der Waals surface area contributed by atoms with Gasteiger partial charge in [0.05, 0.1) is 64.5 Å². The number of nitrogens with zero attached hydrogens (tertiary/aromatic N) is 6. The Bertz CT molecular complexity index is 3430. The topological polar surface area (TPSA) is 647 Å². The van der Waals surface area contributed by atoms with E-state index in [4.69, 9.17) is 11.5 Å². The fourth-order valence-corrected chi connectivity index (χ4v) is 9.97. The Morgan fingerprint density at radius 1 is 0.444 bits per heavy atom. The number of amides is 13. The number of hydrogen-bond donors (Lipinski definition) is 20. The molecule has 3 heterocycles. The molecule has 0 aliphatic rings. The van der Waals surface area contributed by atoms with Gasteiger partial charge in [-0.1, -0.05) is 6.07 Å². The summed E-state index contributed by atoms with van der Waals surface area (Å²) < 4.78 is 0. The molecule has 0 saturated carbocycles. The molecule has 43 nitrogen and oxygen atoms in total. The first-order valence-corrected chi connectivity index (χ1v) is 34.7. The number of carbonyl (C=O) groups excluding carboxylic acids is 13. The molecular weight excluding hydrogens is 1420 g/mol. The highest BCUT2D eigenvalue weighted by atomic mass is 16.4. The molecule has 0 bridgehead atoms. The molecule has 13 amide bonds. The van der Waals surface area contributed by atoms with Crippen molar-refractivity contribution in [2.75, 3.05) is 105 Å². The van der Waals surface area contributed by atoms with Gasteiger partial charge in [-0.2, -0.15) is 0 Å². The molecule has 0 spiro atoms. The van der Waals surface area contributed by atoms with Crippen LogP contribution in [0.2, 0.25) is 0 Å². The number of rotatable bonds is 57. The smallest absolute Gasteiger partial charge is 0.317 e. The first kappa shape index (κ1) is 90.6. The van der Waals surface area contributed by atoms with Gasteiger partial charge in [-0.25, -0.2) is 9.97 Å². The predicted octanol–water partition coefficient (Wildman–Crippen LogP) is -8.21. The Morgan fingerprint density at radius 3 is 1.30 bits per heavy atom. The fraction of sp³-hybridized carbons (Fsp3) is 0.569. The average Bonchev–Trinajstić information content (AvgIpc) is 1.07. The van der Waals surface area contributed by atoms with E-state index in [0.717, 1.165) is 21.2 Å². The van der Waals surface area contributed by atoms with Gasteiger partial charge in [0.15, 0.2) is 0 Å². The summed E-state index contributed by atoms with van der Waals surface area (Å²) in [7, 11) is 0. The third-order valence-electron chi connectivity index (χ3n) is 15.8. The van der Waals surface area contributed by atoms with Gasteiger partial charge >= 0.3 is 23.9 Å². The summed E-state index contributed by atoms with van der Waals surface area (Å²) in [6, 6.07) is -3.92. The number of pyridine rings is 1. The summed E-state index contributed by atoms with van der Waals surface area (Å²) in [6.45, 7) is -3.16. The Hall–Kier alpha value is -11.6. The molecule has 108 heavy (non-hydrogen) atoms. The van der Waals surface area contributed by atoms with Crippen LogP contribution in [0.5, 0.6) is 0 Å². The summed E-state index contributed by atoms with van der Waals surface area (Å²) >= 11 is 0. The Kier molecular flexibility index (Phi) is 42.6. The van der Waals surface area contributed by atoms with Crippen molar-refractivity contribution in [3.05, 3.63) is 66.5 Å². The molecule has 3 aromatic heterocycles. The summed E-state index contributed by atoms with van der Waals surface area (Å²) in [4.78, 5) is 238. The number of nitrogens with one attached hydrogen (secondary N) is 14. The monoisotopic (exact) mass is 1520 g/mol. The Morgan fingerprint density at radius 2 is 0.861 bits per heavy atom. The van der Waals surface area contributed by atoms with Gasteiger partial charge in [-0.15, -0.1) is 0 Å². The maximum Gasteiger partial charge on any atom is 0.317 e. The van der Waals surface area contributed by atoms with E-state index in [-0.39, 0.29) is 128 Å². The fourth-order valence-electron chi connectivity index (χ4n) is 9.97. The highest BCUT2D eigenvalue weighted by Gasteiger charge is 2.32. The zero-order valence-corrected chi connectivity index (χ0v) is 60.2. The molecular formula is C65H100N22O21. The molecule has 0 radical (unpaired) electrons. The zero-order chi connectivity index (χ0) is 79.9. The number of H-pyrrole nitrogens is 2. The molecule has 596 valence electrons. The van der Waals surface area contributed by atoms with Crippen LogP contribution in [0.3, 0.4) is 0 Å². The SMILES string of the molecule is C[C@@H](NC(=O)[C@H](CNC(=O)C(N)Cc1ccccn1)NC(=O)CN(CCN(CCN(CC(=O)O)CC(=O)O)CC(=O)O)CC(=O)O)C(=O)N[C@H](CCCCNC(=O)CNC(=O)CCC(=O)NCCc1cnc[nH]1)C(=O)N[C@H](C)C(=O)N[C@H](CCCCNC(=O)CNC(=O)CCC(=O)NCCc1cnc[nH]1)C(N)=O. The molecule has 0 fully saturated rings. The molecule has 0 aliphatic carbocycles. The second kappa shape index (κ2) is 50.8. The van der Waals surface area contributed by atoms with Gasteiger partial charge in [-0.3, -0.25) is 101 Å². The quantitative estimate of drug-likeness (QED) is 0.0233. The second-order valence-corrected chi connectivity index (χ2v) is 24.9. The van der Waals surface area contributed by atoms with Crippen LogP contribution < -0.4 is 75.3 Å². The number of carboxylic acids is 4. The lowest BCUT2D eigenvalue weighted by molar-refractivity contribution is -0.143. The van der Waals surface area contributed by atoms with Crippen molar-refractivity contribution >= 4 is 101 Å². The first-order valence-electron chi connectivity index (χ1n) is 34.7. The number of aromatic amines is 2. The van der Waals surface area contributed by atoms with E-state index in [2.05, 4.69) is 88.7 Å². The van der Waals surface area contributed by atoms with E-state index in [0.29, 0.717) is 31.6 Å². The van der Waals surface area contributed by atoms with Crippen LogP contribution in [0.1, 0.15) is 95.1 Å². The molecule has 43 heteroatoms. The maximum atomic E-state index is 14.2. The highest BCUT2D eigenvalue weighted by Crippen LogP contribution is 2.07. The van der Waals surface area contributed by atoms with E-state index in [1.165, 1.54) is 37.6 Å². The molecule has 3 rings (SSSR count). The molecule has 0 aliphatic heterocycles. The van der Waals surface area contributed by atoms with Crippen molar-refractivity contribution in [3.63, 3.8) is 0 Å². The second-order valence-electron chi connectivity index (χ2n) is 24.9. The third kappa shape index (κ3) is 41.2. The molecule has 1 unspecified atom stereocenters. The average molecular weight is 1530 g/mol. The molecule has 22 N–H and O–H groups in total. The maximum absolute atomic E-state index is 14.2. The lowest BCUT2D eigenvalue weighted by Crippen LogP contribution is -2.60. The molecule has 3 aromatic rings.